The summed E-state index contributed by atoms with van der Waals surface area (Å²) in [5.74, 6) is -0.932. The van der Waals surface area contributed by atoms with Crippen LogP contribution in [0, 0.1) is 17.0 Å². The minimum atomic E-state index is -0.575. The van der Waals surface area contributed by atoms with Crippen molar-refractivity contribution in [1.82, 2.24) is 10.2 Å². The van der Waals surface area contributed by atoms with Crippen molar-refractivity contribution in [3.05, 3.63) is 80.5 Å². The fourth-order valence-corrected chi connectivity index (χ4v) is 4.28. The molecule has 10 heteroatoms. The third-order valence-electron chi connectivity index (χ3n) is 5.62. The van der Waals surface area contributed by atoms with Gasteiger partial charge in [0.05, 0.1) is 22.6 Å². The molecule has 2 aromatic rings. The molecule has 0 unspecified atom stereocenters. The molecule has 184 valence electrons. The van der Waals surface area contributed by atoms with E-state index in [1.807, 2.05) is 24.8 Å². The summed E-state index contributed by atoms with van der Waals surface area (Å²) in [5.41, 5.74) is 2.82. The molecular formula is C25H28N4O5S. The maximum atomic E-state index is 13.0. The van der Waals surface area contributed by atoms with E-state index in [9.17, 15) is 19.7 Å². The van der Waals surface area contributed by atoms with E-state index in [-0.39, 0.29) is 17.4 Å². The van der Waals surface area contributed by atoms with Crippen LogP contribution in [-0.2, 0) is 9.53 Å². The smallest absolute Gasteiger partial charge is 0.338 e. The molecule has 0 aliphatic carbocycles. The zero-order valence-electron chi connectivity index (χ0n) is 20.2. The predicted molar refractivity (Wildman–Crippen MR) is 137 cm³/mol. The van der Waals surface area contributed by atoms with E-state index in [4.69, 9.17) is 17.0 Å². The molecule has 1 aliphatic heterocycles. The SMILES string of the molecule is CCN1C(=S)N[C@@H](c2cccc(NC(=O)c3ccc(C)c([N+](=O)[O-])c3)c2)C(C(=O)OC(C)C)=C1C. The number of hydrogen-bond acceptors (Lipinski definition) is 6. The first-order chi connectivity index (χ1) is 16.5. The molecule has 1 atom stereocenters. The maximum Gasteiger partial charge on any atom is 0.338 e. The van der Waals surface area contributed by atoms with Crippen LogP contribution in [0.1, 0.15) is 55.2 Å². The van der Waals surface area contributed by atoms with Gasteiger partial charge in [-0.05, 0) is 70.6 Å². The molecule has 0 saturated heterocycles. The third-order valence-corrected chi connectivity index (χ3v) is 5.96. The quantitative estimate of drug-likeness (QED) is 0.247. The molecule has 0 radical (unpaired) electrons. The lowest BCUT2D eigenvalue weighted by Crippen LogP contribution is -2.47. The Bertz CT molecular complexity index is 1220. The Morgan fingerprint density at radius 3 is 2.57 bits per heavy atom. The lowest BCUT2D eigenvalue weighted by Gasteiger charge is -2.37. The highest BCUT2D eigenvalue weighted by molar-refractivity contribution is 7.80. The van der Waals surface area contributed by atoms with Gasteiger partial charge in [-0.3, -0.25) is 14.9 Å². The van der Waals surface area contributed by atoms with E-state index in [1.165, 1.54) is 18.2 Å². The summed E-state index contributed by atoms with van der Waals surface area (Å²) < 4.78 is 5.50. The van der Waals surface area contributed by atoms with Gasteiger partial charge in [0, 0.05) is 35.1 Å². The molecule has 1 amide bonds. The topological polar surface area (TPSA) is 114 Å². The first kappa shape index (κ1) is 25.8. The fraction of sp³-hybridized carbons (Fsp3) is 0.320. The van der Waals surface area contributed by atoms with Crippen LogP contribution in [0.15, 0.2) is 53.7 Å². The number of nitrogens with zero attached hydrogens (tertiary/aromatic N) is 2. The van der Waals surface area contributed by atoms with Crippen LogP contribution in [0.2, 0.25) is 0 Å². The number of carbonyl (C=O) groups excluding carboxylic acids is 2. The second-order valence-corrected chi connectivity index (χ2v) is 8.80. The van der Waals surface area contributed by atoms with Gasteiger partial charge in [0.1, 0.15) is 0 Å². The summed E-state index contributed by atoms with van der Waals surface area (Å²) in [7, 11) is 0. The number of aryl methyl sites for hydroxylation is 1. The van der Waals surface area contributed by atoms with Gasteiger partial charge in [-0.25, -0.2) is 4.79 Å². The monoisotopic (exact) mass is 496 g/mol. The van der Waals surface area contributed by atoms with Gasteiger partial charge in [-0.15, -0.1) is 0 Å². The van der Waals surface area contributed by atoms with Gasteiger partial charge in [0.15, 0.2) is 5.11 Å². The number of benzene rings is 2. The minimum Gasteiger partial charge on any atom is -0.459 e. The summed E-state index contributed by atoms with van der Waals surface area (Å²) in [6, 6.07) is 10.8. The average Bonchev–Trinajstić information content (AvgIpc) is 2.78. The van der Waals surface area contributed by atoms with E-state index >= 15 is 0 Å². The van der Waals surface area contributed by atoms with Crippen molar-refractivity contribution in [2.24, 2.45) is 0 Å². The van der Waals surface area contributed by atoms with E-state index in [0.717, 1.165) is 0 Å². The van der Waals surface area contributed by atoms with Gasteiger partial charge in [-0.2, -0.15) is 0 Å². The third kappa shape index (κ3) is 5.65. The highest BCUT2D eigenvalue weighted by Gasteiger charge is 2.34. The first-order valence-corrected chi connectivity index (χ1v) is 11.6. The fourth-order valence-electron chi connectivity index (χ4n) is 3.90. The van der Waals surface area contributed by atoms with Gasteiger partial charge < -0.3 is 20.3 Å². The highest BCUT2D eigenvalue weighted by Crippen LogP contribution is 2.33. The molecular weight excluding hydrogens is 468 g/mol. The first-order valence-electron chi connectivity index (χ1n) is 11.2. The lowest BCUT2D eigenvalue weighted by atomic mass is 9.94. The molecule has 9 nitrogen and oxygen atoms in total. The van der Waals surface area contributed by atoms with Crippen LogP contribution in [0.3, 0.4) is 0 Å². The van der Waals surface area contributed by atoms with Gasteiger partial charge in [0.25, 0.3) is 11.6 Å². The number of nitro benzene ring substituents is 1. The summed E-state index contributed by atoms with van der Waals surface area (Å²) >= 11 is 5.52. The largest absolute Gasteiger partial charge is 0.459 e. The summed E-state index contributed by atoms with van der Waals surface area (Å²) in [4.78, 5) is 38.4. The zero-order chi connectivity index (χ0) is 25.9. The molecule has 0 saturated carbocycles. The molecule has 1 heterocycles. The summed E-state index contributed by atoms with van der Waals surface area (Å²) in [6.07, 6.45) is -0.295. The minimum absolute atomic E-state index is 0.124. The number of thiocarbonyl (C=S) groups is 1. The van der Waals surface area contributed by atoms with E-state index in [0.29, 0.717) is 39.7 Å². The highest BCUT2D eigenvalue weighted by atomic mass is 32.1. The lowest BCUT2D eigenvalue weighted by molar-refractivity contribution is -0.385. The number of nitrogens with one attached hydrogen (secondary N) is 2. The molecule has 35 heavy (non-hydrogen) atoms. The number of hydrogen-bond donors (Lipinski definition) is 2. The molecule has 0 bridgehead atoms. The van der Waals surface area contributed by atoms with Crippen LogP contribution < -0.4 is 10.6 Å². The number of esters is 1. The maximum absolute atomic E-state index is 13.0. The summed E-state index contributed by atoms with van der Waals surface area (Å²) in [6.45, 7) is 9.54. The number of nitro groups is 1. The normalized spacial score (nSPS) is 15.7. The Morgan fingerprint density at radius 1 is 1.23 bits per heavy atom. The van der Waals surface area contributed by atoms with Crippen LogP contribution >= 0.6 is 12.2 Å². The van der Waals surface area contributed by atoms with Gasteiger partial charge >= 0.3 is 5.97 Å². The number of rotatable bonds is 7. The van der Waals surface area contributed by atoms with Crippen molar-refractivity contribution < 1.29 is 19.2 Å². The van der Waals surface area contributed by atoms with E-state index in [2.05, 4.69) is 10.6 Å². The van der Waals surface area contributed by atoms with Crippen LogP contribution in [0.5, 0.6) is 0 Å². The molecule has 0 spiro atoms. The average molecular weight is 497 g/mol. The standard InChI is InChI=1S/C25H28N4O5S/c1-6-28-16(5)21(24(31)34-14(2)3)22(27-25(28)35)17-8-7-9-19(12-17)26-23(30)18-11-10-15(4)20(13-18)29(32)33/h7-14,22H,6H2,1-5H3,(H,26,30)(H,27,35)/t22-/m0/s1. The van der Waals surface area contributed by atoms with Gasteiger partial charge in [0.2, 0.25) is 0 Å². The van der Waals surface area contributed by atoms with Crippen molar-refractivity contribution in [2.45, 2.75) is 46.8 Å². The molecule has 0 aromatic heterocycles. The number of allylic oxidation sites excluding steroid dienone is 1. The second-order valence-electron chi connectivity index (χ2n) is 8.42. The Labute approximate surface area is 209 Å². The second kappa shape index (κ2) is 10.6. The van der Waals surface area contributed by atoms with Crippen molar-refractivity contribution in [1.29, 1.82) is 0 Å². The van der Waals surface area contributed by atoms with E-state index < -0.39 is 22.8 Å². The van der Waals surface area contributed by atoms with Crippen molar-refractivity contribution in [2.75, 3.05) is 11.9 Å². The Kier molecular flexibility index (Phi) is 7.85. The van der Waals surface area contributed by atoms with Crippen molar-refractivity contribution >= 4 is 40.6 Å². The Balaban J connectivity index is 1.94. The molecule has 2 aromatic carbocycles. The Hall–Kier alpha value is -3.79. The van der Waals surface area contributed by atoms with Crippen LogP contribution in [0.4, 0.5) is 11.4 Å². The number of carbonyl (C=O) groups is 2. The molecule has 1 aliphatic rings. The Morgan fingerprint density at radius 2 is 1.94 bits per heavy atom. The van der Waals surface area contributed by atoms with Crippen LogP contribution in [0.25, 0.3) is 0 Å². The van der Waals surface area contributed by atoms with Crippen LogP contribution in [-0.4, -0.2) is 39.5 Å². The molecule has 2 N–H and O–H groups in total. The number of amides is 1. The van der Waals surface area contributed by atoms with Crippen molar-refractivity contribution in [3.8, 4) is 0 Å². The van der Waals surface area contributed by atoms with Crippen molar-refractivity contribution in [3.63, 3.8) is 0 Å². The summed E-state index contributed by atoms with van der Waals surface area (Å²) in [5, 5.41) is 17.7. The predicted octanol–water partition coefficient (Wildman–Crippen LogP) is 4.63. The molecule has 3 rings (SSSR count). The van der Waals surface area contributed by atoms with Gasteiger partial charge in [-0.1, -0.05) is 18.2 Å². The number of ether oxygens (including phenoxy) is 1. The van der Waals surface area contributed by atoms with E-state index in [1.54, 1.807) is 39.0 Å². The molecule has 0 fully saturated rings. The zero-order valence-corrected chi connectivity index (χ0v) is 21.1. The number of anilines is 1.